The molecule has 1 aromatic carbocycles. The van der Waals surface area contributed by atoms with E-state index in [1.807, 2.05) is 11.6 Å². The highest BCUT2D eigenvalue weighted by molar-refractivity contribution is 5.74. The van der Waals surface area contributed by atoms with Gasteiger partial charge < -0.3 is 4.57 Å². The highest BCUT2D eigenvalue weighted by atomic mass is 14.9. The molecule has 0 fully saturated rings. The molecule has 2 rings (SSSR count). The molecule has 0 saturated carbocycles. The second-order valence-corrected chi connectivity index (χ2v) is 3.39. The second-order valence-electron chi connectivity index (χ2n) is 3.39. The molecule has 0 aliphatic rings. The van der Waals surface area contributed by atoms with Gasteiger partial charge in [-0.05, 0) is 18.2 Å². The highest BCUT2D eigenvalue weighted by Crippen LogP contribution is 2.26. The summed E-state index contributed by atoms with van der Waals surface area (Å²) in [5, 5.41) is 18.1. The van der Waals surface area contributed by atoms with Gasteiger partial charge in [0.1, 0.15) is 0 Å². The molecule has 0 bridgehead atoms. The maximum absolute atomic E-state index is 9.05. The lowest BCUT2D eigenvalue weighted by Crippen LogP contribution is -1.95. The van der Waals surface area contributed by atoms with Crippen LogP contribution in [0.2, 0.25) is 0 Å². The quantitative estimate of drug-likeness (QED) is 0.718. The van der Waals surface area contributed by atoms with Gasteiger partial charge in [0.25, 0.3) is 0 Å². The first-order valence-electron chi connectivity index (χ1n) is 4.74. The first-order chi connectivity index (χ1) is 7.77. The minimum absolute atomic E-state index is 0.509. The number of rotatable bonds is 1. The summed E-state index contributed by atoms with van der Waals surface area (Å²) >= 11 is 0. The Morgan fingerprint density at radius 3 is 2.25 bits per heavy atom. The average molecular weight is 206 g/mol. The van der Waals surface area contributed by atoms with E-state index in [2.05, 4.69) is 18.2 Å². The van der Waals surface area contributed by atoms with Crippen molar-refractivity contribution in [2.75, 3.05) is 0 Å². The highest BCUT2D eigenvalue weighted by Gasteiger charge is 2.12. The summed E-state index contributed by atoms with van der Waals surface area (Å²) in [6.07, 6.45) is 1.77. The molecule has 75 valence electrons. The van der Waals surface area contributed by atoms with Crippen LogP contribution in [-0.2, 0) is 7.05 Å². The lowest BCUT2D eigenvalue weighted by molar-refractivity contribution is 0.935. The molecule has 0 N–H and O–H groups in total. The lowest BCUT2D eigenvalue weighted by atomic mass is 9.99. The van der Waals surface area contributed by atoms with Crippen molar-refractivity contribution in [3.63, 3.8) is 0 Å². The molecular weight excluding hydrogens is 198 g/mol. The number of hydrogen-bond acceptors (Lipinski definition) is 2. The smallest absolute Gasteiger partial charge is 0.0999 e. The summed E-state index contributed by atoms with van der Waals surface area (Å²) in [7, 11) is 1.86. The fraction of sp³-hybridized carbons (Fsp3) is 0.0769. The molecule has 3 heteroatoms. The number of hydrogen-bond donors (Lipinski definition) is 0. The molecule has 0 aliphatic carbocycles. The fourth-order valence-electron chi connectivity index (χ4n) is 1.66. The molecule has 0 unspecified atom stereocenters. The van der Waals surface area contributed by atoms with E-state index >= 15 is 0 Å². The third kappa shape index (κ3) is 1.45. The summed E-state index contributed by atoms with van der Waals surface area (Å²) in [5.41, 5.74) is 2.52. The largest absolute Gasteiger partial charge is 0.350 e. The summed E-state index contributed by atoms with van der Waals surface area (Å²) in [5.74, 6) is 0. The van der Waals surface area contributed by atoms with Gasteiger partial charge in [-0.2, -0.15) is 10.5 Å². The van der Waals surface area contributed by atoms with Gasteiger partial charge >= 0.3 is 0 Å². The molecule has 1 heterocycles. The van der Waals surface area contributed by atoms with E-state index in [1.54, 1.807) is 30.5 Å². The predicted octanol–water partition coefficient (Wildman–Crippen LogP) is 2.24. The van der Waals surface area contributed by atoms with E-state index in [9.17, 15) is 0 Å². The van der Waals surface area contributed by atoms with Crippen LogP contribution in [0.25, 0.3) is 11.3 Å². The first kappa shape index (κ1) is 10.0. The van der Waals surface area contributed by atoms with Gasteiger partial charge in [-0.15, -0.1) is 0 Å². The zero-order chi connectivity index (χ0) is 11.5. The maximum Gasteiger partial charge on any atom is 0.0999 e. The second kappa shape index (κ2) is 3.92. The molecular formula is C13H8N3. The Hall–Kier alpha value is -2.52. The average Bonchev–Trinajstić information content (AvgIpc) is 2.74. The van der Waals surface area contributed by atoms with Crippen LogP contribution in [0.5, 0.6) is 0 Å². The Balaban J connectivity index is 2.79. The van der Waals surface area contributed by atoms with E-state index in [4.69, 9.17) is 10.5 Å². The molecule has 0 atom stereocenters. The van der Waals surface area contributed by atoms with Crippen LogP contribution in [0.1, 0.15) is 11.1 Å². The molecule has 0 saturated heterocycles. The van der Waals surface area contributed by atoms with Crippen molar-refractivity contribution in [2.24, 2.45) is 7.05 Å². The Labute approximate surface area is 93.8 Å². The van der Waals surface area contributed by atoms with Crippen LogP contribution in [0.3, 0.4) is 0 Å². The van der Waals surface area contributed by atoms with Gasteiger partial charge in [0, 0.05) is 24.9 Å². The lowest BCUT2D eigenvalue weighted by Gasteiger charge is -2.07. The zero-order valence-corrected chi connectivity index (χ0v) is 8.73. The summed E-state index contributed by atoms with van der Waals surface area (Å²) in [6.45, 7) is 0. The van der Waals surface area contributed by atoms with Crippen LogP contribution in [-0.4, -0.2) is 4.57 Å². The molecule has 0 spiro atoms. The van der Waals surface area contributed by atoms with E-state index < -0.39 is 0 Å². The van der Waals surface area contributed by atoms with Crippen molar-refractivity contribution < 1.29 is 0 Å². The topological polar surface area (TPSA) is 52.5 Å². The molecule has 16 heavy (non-hydrogen) atoms. The van der Waals surface area contributed by atoms with Crippen LogP contribution in [0, 0.1) is 28.7 Å². The number of nitrogens with zero attached hydrogens (tertiary/aromatic N) is 3. The molecule has 0 aliphatic heterocycles. The van der Waals surface area contributed by atoms with Gasteiger partial charge in [0.15, 0.2) is 0 Å². The van der Waals surface area contributed by atoms with Crippen molar-refractivity contribution in [1.29, 1.82) is 10.5 Å². The SMILES string of the molecule is Cn1c[c]cc1-c1c(C#N)cccc1C#N. The minimum Gasteiger partial charge on any atom is -0.350 e. The van der Waals surface area contributed by atoms with Gasteiger partial charge in [-0.3, -0.25) is 0 Å². The van der Waals surface area contributed by atoms with Crippen LogP contribution < -0.4 is 0 Å². The summed E-state index contributed by atoms with van der Waals surface area (Å²) < 4.78 is 1.84. The molecule has 1 radical (unpaired) electrons. The third-order valence-electron chi connectivity index (χ3n) is 2.43. The van der Waals surface area contributed by atoms with Gasteiger partial charge in [-0.1, -0.05) is 6.07 Å². The van der Waals surface area contributed by atoms with E-state index in [0.29, 0.717) is 16.7 Å². The predicted molar refractivity (Wildman–Crippen MR) is 59.1 cm³/mol. The minimum atomic E-state index is 0.509. The Bertz CT molecular complexity index is 577. The van der Waals surface area contributed by atoms with Crippen molar-refractivity contribution >= 4 is 0 Å². The van der Waals surface area contributed by atoms with E-state index in [-0.39, 0.29) is 0 Å². The third-order valence-corrected chi connectivity index (χ3v) is 2.43. The standard InChI is InChI=1S/C13H8N3/c1-16-7-3-6-12(16)13-10(8-14)4-2-5-11(13)9-15/h2,4-7H,1H3. The normalized spacial score (nSPS) is 9.44. The number of benzene rings is 1. The van der Waals surface area contributed by atoms with Crippen molar-refractivity contribution in [3.8, 4) is 23.4 Å². The van der Waals surface area contributed by atoms with E-state index in [1.165, 1.54) is 0 Å². The molecule has 0 amide bonds. The van der Waals surface area contributed by atoms with E-state index in [0.717, 1.165) is 5.69 Å². The van der Waals surface area contributed by atoms with Crippen molar-refractivity contribution in [1.82, 2.24) is 4.57 Å². The van der Waals surface area contributed by atoms with Gasteiger partial charge in [-0.25, -0.2) is 0 Å². The Morgan fingerprint density at radius 1 is 1.19 bits per heavy atom. The molecule has 3 nitrogen and oxygen atoms in total. The van der Waals surface area contributed by atoms with Gasteiger partial charge in [0.05, 0.1) is 29.0 Å². The monoisotopic (exact) mass is 206 g/mol. The number of nitriles is 2. The zero-order valence-electron chi connectivity index (χ0n) is 8.73. The van der Waals surface area contributed by atoms with Crippen molar-refractivity contribution in [3.05, 3.63) is 47.7 Å². The molecule has 1 aromatic heterocycles. The maximum atomic E-state index is 9.05. The summed E-state index contributed by atoms with van der Waals surface area (Å²) in [4.78, 5) is 0. The van der Waals surface area contributed by atoms with Gasteiger partial charge in [0.2, 0.25) is 0 Å². The van der Waals surface area contributed by atoms with Crippen LogP contribution in [0.15, 0.2) is 30.5 Å². The number of aryl methyl sites for hydroxylation is 1. The fourth-order valence-corrected chi connectivity index (χ4v) is 1.66. The number of aromatic nitrogens is 1. The van der Waals surface area contributed by atoms with Crippen LogP contribution in [0.4, 0.5) is 0 Å². The Morgan fingerprint density at radius 2 is 1.81 bits per heavy atom. The molecule has 2 aromatic rings. The summed E-state index contributed by atoms with van der Waals surface area (Å²) in [6, 6.07) is 14.1. The van der Waals surface area contributed by atoms with Crippen LogP contribution >= 0.6 is 0 Å². The Kier molecular flexibility index (Phi) is 2.45. The van der Waals surface area contributed by atoms with Crippen molar-refractivity contribution in [2.45, 2.75) is 0 Å². The first-order valence-corrected chi connectivity index (χ1v) is 4.74.